The van der Waals surface area contributed by atoms with E-state index in [0.29, 0.717) is 30.7 Å². The smallest absolute Gasteiger partial charge is 0.297 e. The summed E-state index contributed by atoms with van der Waals surface area (Å²) >= 11 is 0. The molecule has 1 N–H and O–H groups in total. The molecular weight excluding hydrogens is 260 g/mol. The molecule has 0 bridgehead atoms. The molecule has 1 aromatic heterocycles. The number of fused-ring (bicyclic) bond motifs is 3. The van der Waals surface area contributed by atoms with E-state index in [2.05, 4.69) is 9.97 Å². The molecule has 1 atom stereocenters. The maximum absolute atomic E-state index is 12.1. The Balaban J connectivity index is 1.81. The number of nitrogens with one attached hydrogen (secondary N) is 1. The van der Waals surface area contributed by atoms with Crippen LogP contribution in [0.15, 0.2) is 16.9 Å². The van der Waals surface area contributed by atoms with E-state index in [1.54, 1.807) is 6.07 Å². The Labute approximate surface area is 114 Å². The van der Waals surface area contributed by atoms with Crippen LogP contribution >= 0.6 is 0 Å². The van der Waals surface area contributed by atoms with Gasteiger partial charge in [-0.15, -0.1) is 0 Å². The molecule has 1 fully saturated rings. The van der Waals surface area contributed by atoms with Crippen molar-refractivity contribution in [1.82, 2.24) is 9.97 Å². The van der Waals surface area contributed by atoms with E-state index >= 15 is 0 Å². The topological polar surface area (TPSA) is 73.4 Å². The molecule has 2 aromatic rings. The van der Waals surface area contributed by atoms with Crippen LogP contribution < -0.4 is 15.0 Å². The highest BCUT2D eigenvalue weighted by Crippen LogP contribution is 2.30. The molecule has 0 saturated carbocycles. The van der Waals surface area contributed by atoms with Gasteiger partial charge in [0.1, 0.15) is 11.9 Å². The molecular formula is C14H14N2O4. The second kappa shape index (κ2) is 4.49. The van der Waals surface area contributed by atoms with Crippen LogP contribution in [0.4, 0.5) is 0 Å². The minimum absolute atomic E-state index is 0.0383. The predicted octanol–water partition coefficient (Wildman–Crippen LogP) is 1.03. The third kappa shape index (κ3) is 1.84. The first-order valence-corrected chi connectivity index (χ1v) is 6.74. The van der Waals surface area contributed by atoms with Gasteiger partial charge in [0.2, 0.25) is 0 Å². The summed E-state index contributed by atoms with van der Waals surface area (Å²) in [6.07, 6.45) is 1.55. The molecule has 3 heterocycles. The number of hydrogen-bond donors (Lipinski definition) is 1. The van der Waals surface area contributed by atoms with Crippen molar-refractivity contribution >= 4 is 10.9 Å². The van der Waals surface area contributed by atoms with Crippen LogP contribution in [-0.4, -0.2) is 35.9 Å². The number of aromatic amines is 1. The first-order valence-electron chi connectivity index (χ1n) is 6.74. The Morgan fingerprint density at radius 1 is 1.35 bits per heavy atom. The quantitative estimate of drug-likeness (QED) is 0.885. The average Bonchev–Trinajstić information content (AvgIpc) is 3.08. The molecule has 104 valence electrons. The summed E-state index contributed by atoms with van der Waals surface area (Å²) in [5.41, 5.74) is 1.48. The molecule has 1 saturated heterocycles. The van der Waals surface area contributed by atoms with Gasteiger partial charge in [0.25, 0.3) is 11.6 Å². The van der Waals surface area contributed by atoms with Gasteiger partial charge in [-0.3, -0.25) is 9.78 Å². The Kier molecular flexibility index (Phi) is 2.63. The Morgan fingerprint density at radius 2 is 2.30 bits per heavy atom. The van der Waals surface area contributed by atoms with E-state index in [-0.39, 0.29) is 17.7 Å². The monoisotopic (exact) mass is 274 g/mol. The maximum atomic E-state index is 12.1. The zero-order valence-electron chi connectivity index (χ0n) is 10.8. The fourth-order valence-corrected chi connectivity index (χ4v) is 2.68. The molecule has 6 heteroatoms. The van der Waals surface area contributed by atoms with E-state index in [1.807, 2.05) is 6.07 Å². The fourth-order valence-electron chi connectivity index (χ4n) is 2.68. The molecule has 0 aliphatic carbocycles. The first kappa shape index (κ1) is 11.7. The molecule has 1 aromatic carbocycles. The van der Waals surface area contributed by atoms with E-state index in [4.69, 9.17) is 14.2 Å². The third-order valence-corrected chi connectivity index (χ3v) is 3.69. The van der Waals surface area contributed by atoms with Crippen LogP contribution in [-0.2, 0) is 11.2 Å². The first-order chi connectivity index (χ1) is 9.81. The number of nitrogens with zero attached hydrogens (tertiary/aromatic N) is 1. The largest absolute Gasteiger partial charge is 0.493 e. The lowest BCUT2D eigenvalue weighted by atomic mass is 10.1. The van der Waals surface area contributed by atoms with E-state index in [9.17, 15) is 4.79 Å². The second-order valence-electron chi connectivity index (χ2n) is 5.01. The van der Waals surface area contributed by atoms with Gasteiger partial charge in [-0.25, -0.2) is 0 Å². The van der Waals surface area contributed by atoms with Gasteiger partial charge in [0, 0.05) is 18.4 Å². The molecule has 0 radical (unpaired) electrons. The summed E-state index contributed by atoms with van der Waals surface area (Å²) in [6, 6.07) is 3.83. The van der Waals surface area contributed by atoms with Gasteiger partial charge in [0.05, 0.1) is 30.7 Å². The van der Waals surface area contributed by atoms with E-state index in [1.165, 1.54) is 0 Å². The number of benzene rings is 1. The highest BCUT2D eigenvalue weighted by Gasteiger charge is 2.21. The molecule has 6 nitrogen and oxygen atoms in total. The number of aromatic nitrogens is 2. The molecule has 0 spiro atoms. The predicted molar refractivity (Wildman–Crippen MR) is 71.4 cm³/mol. The van der Waals surface area contributed by atoms with Gasteiger partial charge in [-0.2, -0.15) is 4.98 Å². The van der Waals surface area contributed by atoms with Gasteiger partial charge in [-0.1, -0.05) is 0 Å². The summed E-state index contributed by atoms with van der Waals surface area (Å²) in [5, 5.41) is 0.573. The van der Waals surface area contributed by atoms with Crippen molar-refractivity contribution < 1.29 is 14.2 Å². The van der Waals surface area contributed by atoms with Crippen molar-refractivity contribution in [1.29, 1.82) is 0 Å². The van der Waals surface area contributed by atoms with Crippen LogP contribution in [0.1, 0.15) is 12.0 Å². The van der Waals surface area contributed by atoms with Crippen molar-refractivity contribution in [2.75, 3.05) is 19.8 Å². The lowest BCUT2D eigenvalue weighted by Crippen LogP contribution is -2.20. The summed E-state index contributed by atoms with van der Waals surface area (Å²) in [4.78, 5) is 19.3. The average molecular weight is 274 g/mol. The third-order valence-electron chi connectivity index (χ3n) is 3.69. The Morgan fingerprint density at radius 3 is 3.15 bits per heavy atom. The zero-order chi connectivity index (χ0) is 13.5. The number of H-pyrrole nitrogens is 1. The van der Waals surface area contributed by atoms with Gasteiger partial charge in [0.15, 0.2) is 0 Å². The molecule has 4 rings (SSSR count). The van der Waals surface area contributed by atoms with Crippen LogP contribution in [0.25, 0.3) is 10.9 Å². The summed E-state index contributed by atoms with van der Waals surface area (Å²) < 4.78 is 16.5. The van der Waals surface area contributed by atoms with E-state index < -0.39 is 0 Å². The van der Waals surface area contributed by atoms with E-state index in [0.717, 1.165) is 24.2 Å². The summed E-state index contributed by atoms with van der Waals surface area (Å²) in [6.45, 7) is 1.86. The van der Waals surface area contributed by atoms with Crippen molar-refractivity contribution in [3.8, 4) is 11.8 Å². The lowest BCUT2D eigenvalue weighted by Gasteiger charge is -2.11. The number of hydrogen-bond acceptors (Lipinski definition) is 5. The Bertz CT molecular complexity index is 719. The van der Waals surface area contributed by atoms with Crippen molar-refractivity contribution in [2.24, 2.45) is 0 Å². The van der Waals surface area contributed by atoms with Crippen LogP contribution in [0.3, 0.4) is 0 Å². The van der Waals surface area contributed by atoms with Gasteiger partial charge in [-0.05, 0) is 12.1 Å². The standard InChI is InChI=1S/C14H14N2O4/c17-13-10-1-2-11-9(4-6-19-11)12(10)15-14(16-13)20-8-3-5-18-7-8/h1-2,8H,3-7H2,(H,15,16,17). The van der Waals surface area contributed by atoms with Crippen molar-refractivity contribution in [3.63, 3.8) is 0 Å². The summed E-state index contributed by atoms with van der Waals surface area (Å²) in [7, 11) is 0. The molecule has 1 unspecified atom stereocenters. The minimum atomic E-state index is -0.182. The van der Waals surface area contributed by atoms with Crippen LogP contribution in [0.5, 0.6) is 11.8 Å². The fraction of sp³-hybridized carbons (Fsp3) is 0.429. The molecule has 2 aliphatic heterocycles. The highest BCUT2D eigenvalue weighted by atomic mass is 16.6. The lowest BCUT2D eigenvalue weighted by molar-refractivity contribution is 0.134. The Hall–Kier alpha value is -2.08. The van der Waals surface area contributed by atoms with Gasteiger partial charge < -0.3 is 14.2 Å². The van der Waals surface area contributed by atoms with Gasteiger partial charge >= 0.3 is 0 Å². The SMILES string of the molecule is O=c1[nH]c(OC2CCOC2)nc2c3c(ccc12)OCC3. The van der Waals surface area contributed by atoms with Crippen molar-refractivity contribution in [2.45, 2.75) is 18.9 Å². The molecule has 0 amide bonds. The van der Waals surface area contributed by atoms with Crippen molar-refractivity contribution in [3.05, 3.63) is 28.0 Å². The molecule has 2 aliphatic rings. The molecule has 20 heavy (non-hydrogen) atoms. The maximum Gasteiger partial charge on any atom is 0.297 e. The highest BCUT2D eigenvalue weighted by molar-refractivity contribution is 5.84. The van der Waals surface area contributed by atoms with Crippen LogP contribution in [0.2, 0.25) is 0 Å². The summed E-state index contributed by atoms with van der Waals surface area (Å²) in [5.74, 6) is 0.811. The van der Waals surface area contributed by atoms with Crippen LogP contribution in [0, 0.1) is 0 Å². The number of rotatable bonds is 2. The number of ether oxygens (including phenoxy) is 3. The normalized spacial score (nSPS) is 20.9. The zero-order valence-corrected chi connectivity index (χ0v) is 10.8. The minimum Gasteiger partial charge on any atom is -0.493 e. The second-order valence-corrected chi connectivity index (χ2v) is 5.01.